The van der Waals surface area contributed by atoms with Gasteiger partial charge >= 0.3 is 5.97 Å². The predicted octanol–water partition coefficient (Wildman–Crippen LogP) is 3.53. The molecule has 0 aromatic carbocycles. The summed E-state index contributed by atoms with van der Waals surface area (Å²) in [6, 6.07) is 3.93. The second-order valence-electron chi connectivity index (χ2n) is 6.94. The van der Waals surface area contributed by atoms with Crippen molar-refractivity contribution in [2.75, 3.05) is 7.11 Å². The zero-order chi connectivity index (χ0) is 16.8. The van der Waals surface area contributed by atoms with E-state index in [-0.39, 0.29) is 23.1 Å². The van der Waals surface area contributed by atoms with E-state index < -0.39 is 0 Å². The average Bonchev–Trinajstić information content (AvgIpc) is 2.97. The molecule has 5 heteroatoms. The SMILES string of the molecule is COC(=O)C1=C(C)NC2=C(C(=O)CC(C)(C)C2)[C@@H]1c1cccs1. The lowest BCUT2D eigenvalue weighted by Gasteiger charge is -2.39. The Kier molecular flexibility index (Phi) is 3.92. The highest BCUT2D eigenvalue weighted by Gasteiger charge is 2.43. The first-order valence-corrected chi connectivity index (χ1v) is 8.58. The Hall–Kier alpha value is -1.88. The fourth-order valence-corrected chi connectivity index (χ4v) is 4.40. The zero-order valence-corrected chi connectivity index (χ0v) is 14.7. The van der Waals surface area contributed by atoms with Crippen LogP contribution in [0.2, 0.25) is 0 Å². The van der Waals surface area contributed by atoms with Gasteiger partial charge in [0.1, 0.15) is 0 Å². The smallest absolute Gasteiger partial charge is 0.336 e. The molecule has 1 atom stereocenters. The third-order valence-electron chi connectivity index (χ3n) is 4.47. The number of allylic oxidation sites excluding steroid dienone is 3. The van der Waals surface area contributed by atoms with Crippen LogP contribution in [-0.2, 0) is 14.3 Å². The van der Waals surface area contributed by atoms with Crippen molar-refractivity contribution in [3.63, 3.8) is 0 Å². The lowest BCUT2D eigenvalue weighted by molar-refractivity contribution is -0.136. The third kappa shape index (κ3) is 2.74. The zero-order valence-electron chi connectivity index (χ0n) is 13.9. The fraction of sp³-hybridized carbons (Fsp3) is 0.444. The number of carbonyl (C=O) groups is 2. The summed E-state index contributed by atoms with van der Waals surface area (Å²) in [5.74, 6) is -0.573. The quantitative estimate of drug-likeness (QED) is 0.843. The highest BCUT2D eigenvalue weighted by atomic mass is 32.1. The summed E-state index contributed by atoms with van der Waals surface area (Å²) < 4.78 is 4.98. The number of rotatable bonds is 2. The topological polar surface area (TPSA) is 55.4 Å². The van der Waals surface area contributed by atoms with Crippen LogP contribution in [0.3, 0.4) is 0 Å². The molecule has 23 heavy (non-hydrogen) atoms. The molecule has 4 nitrogen and oxygen atoms in total. The number of dihydropyridines is 1. The van der Waals surface area contributed by atoms with Crippen LogP contribution in [0.15, 0.2) is 40.1 Å². The molecule has 0 unspecified atom stereocenters. The van der Waals surface area contributed by atoms with Gasteiger partial charge in [0.15, 0.2) is 5.78 Å². The van der Waals surface area contributed by atoms with E-state index >= 15 is 0 Å². The maximum Gasteiger partial charge on any atom is 0.336 e. The number of esters is 1. The summed E-state index contributed by atoms with van der Waals surface area (Å²) in [6.07, 6.45) is 1.31. The molecule has 0 bridgehead atoms. The van der Waals surface area contributed by atoms with Gasteiger partial charge in [-0.2, -0.15) is 0 Å². The molecule has 1 aromatic heterocycles. The molecule has 1 aliphatic heterocycles. The monoisotopic (exact) mass is 331 g/mol. The number of Topliss-reactive ketones (excluding diaryl/α,β-unsaturated/α-hetero) is 1. The molecule has 1 aliphatic carbocycles. The molecule has 1 N–H and O–H groups in total. The Morgan fingerprint density at radius 1 is 1.39 bits per heavy atom. The molecule has 0 fully saturated rings. The van der Waals surface area contributed by atoms with Crippen molar-refractivity contribution in [1.82, 2.24) is 5.32 Å². The third-order valence-corrected chi connectivity index (χ3v) is 5.41. The van der Waals surface area contributed by atoms with Gasteiger partial charge in [0.25, 0.3) is 0 Å². The van der Waals surface area contributed by atoms with Crippen LogP contribution in [0.5, 0.6) is 0 Å². The van der Waals surface area contributed by atoms with Gasteiger partial charge in [-0.15, -0.1) is 11.3 Å². The number of hydrogen-bond donors (Lipinski definition) is 1. The van der Waals surface area contributed by atoms with Gasteiger partial charge in [-0.05, 0) is 30.2 Å². The lowest BCUT2D eigenvalue weighted by atomic mass is 9.70. The van der Waals surface area contributed by atoms with Crippen molar-refractivity contribution in [1.29, 1.82) is 0 Å². The lowest BCUT2D eigenvalue weighted by Crippen LogP contribution is -2.38. The molecule has 2 aliphatic rings. The Balaban J connectivity index is 2.17. The van der Waals surface area contributed by atoms with E-state index in [9.17, 15) is 9.59 Å². The number of ketones is 1. The first kappa shape index (κ1) is 16.0. The fourth-order valence-electron chi connectivity index (χ4n) is 3.56. The molecule has 3 rings (SSSR count). The Morgan fingerprint density at radius 2 is 2.13 bits per heavy atom. The summed E-state index contributed by atoms with van der Waals surface area (Å²) in [4.78, 5) is 26.2. The molecular formula is C18H21NO3S. The highest BCUT2D eigenvalue weighted by Crippen LogP contribution is 2.47. The second kappa shape index (κ2) is 5.64. The molecule has 0 radical (unpaired) electrons. The number of carbonyl (C=O) groups excluding carboxylic acids is 2. The van der Waals surface area contributed by atoms with Gasteiger partial charge < -0.3 is 10.1 Å². The Morgan fingerprint density at radius 3 is 2.74 bits per heavy atom. The van der Waals surface area contributed by atoms with E-state index in [1.54, 1.807) is 11.3 Å². The summed E-state index contributed by atoms with van der Waals surface area (Å²) in [6.45, 7) is 6.08. The largest absolute Gasteiger partial charge is 0.466 e. The van der Waals surface area contributed by atoms with E-state index in [0.29, 0.717) is 12.0 Å². The second-order valence-corrected chi connectivity index (χ2v) is 7.92. The van der Waals surface area contributed by atoms with Gasteiger partial charge in [0, 0.05) is 28.3 Å². The Labute approximate surface area is 140 Å². The molecule has 2 heterocycles. The van der Waals surface area contributed by atoms with Crippen LogP contribution >= 0.6 is 11.3 Å². The minimum Gasteiger partial charge on any atom is -0.466 e. The van der Waals surface area contributed by atoms with Gasteiger partial charge in [-0.1, -0.05) is 19.9 Å². The van der Waals surface area contributed by atoms with Crippen molar-refractivity contribution in [2.24, 2.45) is 5.41 Å². The summed E-state index contributed by atoms with van der Waals surface area (Å²) >= 11 is 1.56. The highest BCUT2D eigenvalue weighted by molar-refractivity contribution is 7.10. The average molecular weight is 331 g/mol. The maximum absolute atomic E-state index is 12.8. The maximum atomic E-state index is 12.8. The van der Waals surface area contributed by atoms with E-state index in [1.807, 2.05) is 24.4 Å². The van der Waals surface area contributed by atoms with E-state index in [2.05, 4.69) is 19.2 Å². The number of methoxy groups -OCH3 is 1. The molecule has 0 saturated heterocycles. The van der Waals surface area contributed by atoms with Gasteiger partial charge in [0.2, 0.25) is 0 Å². The summed E-state index contributed by atoms with van der Waals surface area (Å²) in [5.41, 5.74) is 2.94. The summed E-state index contributed by atoms with van der Waals surface area (Å²) in [5, 5.41) is 5.28. The number of hydrogen-bond acceptors (Lipinski definition) is 5. The van der Waals surface area contributed by atoms with Crippen LogP contribution in [-0.4, -0.2) is 18.9 Å². The molecule has 1 aromatic rings. The molecule has 122 valence electrons. The molecule has 0 spiro atoms. The number of thiophene rings is 1. The van der Waals surface area contributed by atoms with E-state index in [4.69, 9.17) is 4.74 Å². The van der Waals surface area contributed by atoms with Gasteiger partial charge in [-0.3, -0.25) is 4.79 Å². The molecular weight excluding hydrogens is 310 g/mol. The van der Waals surface area contributed by atoms with Crippen molar-refractivity contribution in [3.05, 3.63) is 44.9 Å². The normalized spacial score (nSPS) is 23.5. The van der Waals surface area contributed by atoms with Gasteiger partial charge in [0.05, 0.1) is 18.6 Å². The van der Waals surface area contributed by atoms with Crippen LogP contribution in [0.1, 0.15) is 44.4 Å². The van der Waals surface area contributed by atoms with Gasteiger partial charge in [-0.25, -0.2) is 4.79 Å². The summed E-state index contributed by atoms with van der Waals surface area (Å²) in [7, 11) is 1.38. The van der Waals surface area contributed by atoms with E-state index in [1.165, 1.54) is 7.11 Å². The number of ether oxygens (including phenoxy) is 1. The van der Waals surface area contributed by atoms with Crippen LogP contribution < -0.4 is 5.32 Å². The first-order chi connectivity index (χ1) is 10.8. The van der Waals surface area contributed by atoms with Crippen molar-refractivity contribution in [3.8, 4) is 0 Å². The minimum atomic E-state index is -0.377. The van der Waals surface area contributed by atoms with Crippen molar-refractivity contribution >= 4 is 23.1 Å². The first-order valence-electron chi connectivity index (χ1n) is 7.70. The number of nitrogens with one attached hydrogen (secondary N) is 1. The molecule has 0 amide bonds. The standard InChI is InChI=1S/C18H21NO3S/c1-10-14(17(21)22-4)16(13-6-5-7-23-13)15-11(19-10)8-18(2,3)9-12(15)20/h5-7,16,19H,8-9H2,1-4H3/t16-/m1/s1. The van der Waals surface area contributed by atoms with Crippen molar-refractivity contribution < 1.29 is 14.3 Å². The van der Waals surface area contributed by atoms with Crippen LogP contribution in [0.25, 0.3) is 0 Å². The van der Waals surface area contributed by atoms with E-state index in [0.717, 1.165) is 28.3 Å². The minimum absolute atomic E-state index is 0.0635. The van der Waals surface area contributed by atoms with Crippen LogP contribution in [0, 0.1) is 5.41 Å². The predicted molar refractivity (Wildman–Crippen MR) is 90.0 cm³/mol. The Bertz CT molecular complexity index is 725. The van der Waals surface area contributed by atoms with Crippen LogP contribution in [0.4, 0.5) is 0 Å². The van der Waals surface area contributed by atoms with Crippen molar-refractivity contribution in [2.45, 2.75) is 39.5 Å². The molecule has 0 saturated carbocycles.